The molecule has 7 nitrogen and oxygen atoms in total. The monoisotopic (exact) mass is 320 g/mol. The predicted octanol–water partition coefficient (Wildman–Crippen LogP) is 1.49. The van der Waals surface area contributed by atoms with Crippen molar-refractivity contribution in [2.45, 2.75) is 19.9 Å². The molecular weight excluding hydrogens is 300 g/mol. The van der Waals surface area contributed by atoms with Gasteiger partial charge in [0.15, 0.2) is 6.61 Å². The maximum atomic E-state index is 11.5. The molecule has 1 aromatic rings. The molecule has 2 N–H and O–H groups in total. The first-order valence-corrected chi connectivity index (χ1v) is 7.00. The molecule has 124 valence electrons. The summed E-state index contributed by atoms with van der Waals surface area (Å²) in [5.41, 5.74) is 0.781. The molecule has 23 heavy (non-hydrogen) atoms. The van der Waals surface area contributed by atoms with Crippen LogP contribution in [0.4, 0.5) is 4.79 Å². The summed E-state index contributed by atoms with van der Waals surface area (Å²) < 4.78 is 9.76. The minimum Gasteiger partial charge on any atom is -0.497 e. The molecule has 0 saturated heterocycles. The first kappa shape index (κ1) is 18.2. The quantitative estimate of drug-likeness (QED) is 0.612. The Labute approximate surface area is 134 Å². The highest BCUT2D eigenvalue weighted by molar-refractivity contribution is 5.96. The Morgan fingerprint density at radius 3 is 2.39 bits per heavy atom. The van der Waals surface area contributed by atoms with Crippen molar-refractivity contribution < 1.29 is 23.9 Å². The van der Waals surface area contributed by atoms with E-state index in [-0.39, 0.29) is 6.04 Å². The third kappa shape index (κ3) is 7.66. The van der Waals surface area contributed by atoms with Gasteiger partial charge in [-0.1, -0.05) is 12.1 Å². The normalized spacial score (nSPS) is 10.4. The fraction of sp³-hybridized carbons (Fsp3) is 0.312. The van der Waals surface area contributed by atoms with E-state index in [1.54, 1.807) is 51.3 Å². The fourth-order valence-corrected chi connectivity index (χ4v) is 1.53. The summed E-state index contributed by atoms with van der Waals surface area (Å²) in [6.07, 6.45) is 2.74. The van der Waals surface area contributed by atoms with E-state index in [4.69, 9.17) is 9.47 Å². The Morgan fingerprint density at radius 1 is 1.17 bits per heavy atom. The van der Waals surface area contributed by atoms with Crippen LogP contribution in [0.15, 0.2) is 30.3 Å². The topological polar surface area (TPSA) is 93.7 Å². The molecule has 0 spiro atoms. The number of nitrogens with one attached hydrogen (secondary N) is 2. The number of hydrogen-bond acceptors (Lipinski definition) is 5. The molecule has 7 heteroatoms. The molecule has 0 heterocycles. The van der Waals surface area contributed by atoms with Crippen molar-refractivity contribution in [3.8, 4) is 5.75 Å². The zero-order valence-electron chi connectivity index (χ0n) is 13.3. The number of amides is 3. The van der Waals surface area contributed by atoms with E-state index in [2.05, 4.69) is 5.32 Å². The molecule has 0 bridgehead atoms. The van der Waals surface area contributed by atoms with Crippen LogP contribution in [0.1, 0.15) is 19.4 Å². The second kappa shape index (κ2) is 9.24. The second-order valence-electron chi connectivity index (χ2n) is 4.89. The Kier molecular flexibility index (Phi) is 7.32. The van der Waals surface area contributed by atoms with E-state index in [0.29, 0.717) is 5.75 Å². The Balaban J connectivity index is 2.36. The SMILES string of the molecule is COc1ccc(C=CC(=O)OCC(=O)NC(=O)NC(C)C)cc1. The average molecular weight is 320 g/mol. The van der Waals surface area contributed by atoms with E-state index >= 15 is 0 Å². The van der Waals surface area contributed by atoms with E-state index in [1.165, 1.54) is 6.08 Å². The first-order chi connectivity index (χ1) is 10.9. The van der Waals surface area contributed by atoms with Gasteiger partial charge < -0.3 is 14.8 Å². The summed E-state index contributed by atoms with van der Waals surface area (Å²) in [7, 11) is 1.56. The van der Waals surface area contributed by atoms with Gasteiger partial charge in [0, 0.05) is 12.1 Å². The van der Waals surface area contributed by atoms with Crippen LogP contribution >= 0.6 is 0 Å². The lowest BCUT2D eigenvalue weighted by Gasteiger charge is -2.08. The number of hydrogen-bond donors (Lipinski definition) is 2. The van der Waals surface area contributed by atoms with Crippen molar-refractivity contribution in [3.05, 3.63) is 35.9 Å². The maximum absolute atomic E-state index is 11.5. The molecule has 0 aromatic heterocycles. The minimum atomic E-state index is -0.700. The lowest BCUT2D eigenvalue weighted by atomic mass is 10.2. The molecule has 0 unspecified atom stereocenters. The van der Waals surface area contributed by atoms with E-state index in [1.807, 2.05) is 5.32 Å². The molecule has 0 atom stereocenters. The summed E-state index contributed by atoms with van der Waals surface area (Å²) in [4.78, 5) is 34.2. The van der Waals surface area contributed by atoms with Gasteiger partial charge in [-0.2, -0.15) is 0 Å². The summed E-state index contributed by atoms with van der Waals surface area (Å²) in [6.45, 7) is 2.99. The van der Waals surface area contributed by atoms with Gasteiger partial charge in [-0.05, 0) is 37.6 Å². The smallest absolute Gasteiger partial charge is 0.331 e. The van der Waals surface area contributed by atoms with Crippen molar-refractivity contribution in [3.63, 3.8) is 0 Å². The average Bonchev–Trinajstić information content (AvgIpc) is 2.50. The third-order valence-corrected chi connectivity index (χ3v) is 2.55. The van der Waals surface area contributed by atoms with Crippen LogP contribution in [0.3, 0.4) is 0 Å². The summed E-state index contributed by atoms with van der Waals surface area (Å²) in [5, 5.41) is 4.53. The summed E-state index contributed by atoms with van der Waals surface area (Å²) >= 11 is 0. The number of methoxy groups -OCH3 is 1. The maximum Gasteiger partial charge on any atom is 0.331 e. The van der Waals surface area contributed by atoms with Crippen LogP contribution in [0, 0.1) is 0 Å². The Morgan fingerprint density at radius 2 is 1.83 bits per heavy atom. The highest BCUT2D eigenvalue weighted by Gasteiger charge is 2.10. The lowest BCUT2D eigenvalue weighted by Crippen LogP contribution is -2.43. The molecule has 0 saturated carbocycles. The van der Waals surface area contributed by atoms with E-state index in [0.717, 1.165) is 5.56 Å². The van der Waals surface area contributed by atoms with E-state index in [9.17, 15) is 14.4 Å². The number of benzene rings is 1. The Hall–Kier alpha value is -2.83. The van der Waals surface area contributed by atoms with Crippen LogP contribution in [0.2, 0.25) is 0 Å². The molecule has 0 aliphatic heterocycles. The van der Waals surface area contributed by atoms with E-state index < -0.39 is 24.5 Å². The van der Waals surface area contributed by atoms with Crippen molar-refractivity contribution in [1.82, 2.24) is 10.6 Å². The van der Waals surface area contributed by atoms with Crippen molar-refractivity contribution in [1.29, 1.82) is 0 Å². The first-order valence-electron chi connectivity index (χ1n) is 7.00. The van der Waals surface area contributed by atoms with Gasteiger partial charge in [0.25, 0.3) is 5.91 Å². The van der Waals surface area contributed by atoms with Crippen molar-refractivity contribution >= 4 is 24.0 Å². The number of esters is 1. The van der Waals surface area contributed by atoms with Crippen LogP contribution in [0.5, 0.6) is 5.75 Å². The van der Waals surface area contributed by atoms with Gasteiger partial charge >= 0.3 is 12.0 Å². The molecule has 1 aromatic carbocycles. The Bertz CT molecular complexity index is 579. The zero-order valence-corrected chi connectivity index (χ0v) is 13.3. The lowest BCUT2D eigenvalue weighted by molar-refractivity contribution is -0.143. The molecular formula is C16H20N2O5. The van der Waals surface area contributed by atoms with Crippen LogP contribution in [0.25, 0.3) is 6.08 Å². The van der Waals surface area contributed by atoms with Gasteiger partial charge in [0.05, 0.1) is 7.11 Å². The van der Waals surface area contributed by atoms with Crippen LogP contribution in [-0.4, -0.2) is 37.7 Å². The number of ether oxygens (including phenoxy) is 2. The van der Waals surface area contributed by atoms with Gasteiger partial charge in [0.1, 0.15) is 5.75 Å². The second-order valence-corrected chi connectivity index (χ2v) is 4.89. The van der Waals surface area contributed by atoms with Gasteiger partial charge in [-0.3, -0.25) is 10.1 Å². The van der Waals surface area contributed by atoms with Gasteiger partial charge in [-0.15, -0.1) is 0 Å². The number of carbonyl (C=O) groups excluding carboxylic acids is 3. The minimum absolute atomic E-state index is 0.0993. The number of rotatable bonds is 6. The number of carbonyl (C=O) groups is 3. The largest absolute Gasteiger partial charge is 0.497 e. The molecule has 3 amide bonds. The van der Waals surface area contributed by atoms with Crippen molar-refractivity contribution in [2.75, 3.05) is 13.7 Å². The number of imide groups is 1. The standard InChI is InChI=1S/C16H20N2O5/c1-11(2)17-16(21)18-14(19)10-23-15(20)9-6-12-4-7-13(22-3)8-5-12/h4-9,11H,10H2,1-3H3,(H2,17,18,19,21). The highest BCUT2D eigenvalue weighted by Crippen LogP contribution is 2.12. The van der Waals surface area contributed by atoms with Gasteiger partial charge in [-0.25, -0.2) is 9.59 Å². The van der Waals surface area contributed by atoms with Crippen molar-refractivity contribution in [2.24, 2.45) is 0 Å². The molecule has 0 aliphatic carbocycles. The fourth-order valence-electron chi connectivity index (χ4n) is 1.53. The van der Waals surface area contributed by atoms with Gasteiger partial charge in [0.2, 0.25) is 0 Å². The molecule has 0 fully saturated rings. The zero-order chi connectivity index (χ0) is 17.2. The molecule has 1 rings (SSSR count). The summed E-state index contributed by atoms with van der Waals surface area (Å²) in [6, 6.07) is 6.32. The highest BCUT2D eigenvalue weighted by atomic mass is 16.5. The van der Waals surface area contributed by atoms with Crippen LogP contribution in [-0.2, 0) is 14.3 Å². The molecule has 0 aliphatic rings. The number of urea groups is 1. The van der Waals surface area contributed by atoms with Crippen LogP contribution < -0.4 is 15.4 Å². The third-order valence-electron chi connectivity index (χ3n) is 2.55. The molecule has 0 radical (unpaired) electrons. The summed E-state index contributed by atoms with van der Waals surface area (Å²) in [5.74, 6) is -0.671. The predicted molar refractivity (Wildman–Crippen MR) is 84.8 cm³/mol.